The van der Waals surface area contributed by atoms with E-state index in [4.69, 9.17) is 0 Å². The molecule has 13 heavy (non-hydrogen) atoms. The summed E-state index contributed by atoms with van der Waals surface area (Å²) >= 11 is 0. The van der Waals surface area contributed by atoms with Gasteiger partial charge in [-0.3, -0.25) is 4.99 Å². The van der Waals surface area contributed by atoms with Crippen LogP contribution in [0.2, 0.25) is 0 Å². The number of para-hydroxylation sites is 2. The zero-order valence-corrected chi connectivity index (χ0v) is 7.48. The average Bonchev–Trinajstić information content (AvgIpc) is 3.00. The maximum Gasteiger partial charge on any atom is 0.0860 e. The van der Waals surface area contributed by atoms with Gasteiger partial charge in [0.05, 0.1) is 17.9 Å². The summed E-state index contributed by atoms with van der Waals surface area (Å²) < 4.78 is 0. The molecule has 1 aromatic rings. The third-order valence-electron chi connectivity index (χ3n) is 2.69. The Morgan fingerprint density at radius 1 is 1.23 bits per heavy atom. The van der Waals surface area contributed by atoms with Crippen molar-refractivity contribution in [3.8, 4) is 0 Å². The summed E-state index contributed by atoms with van der Waals surface area (Å²) in [6.07, 6.45) is 4.71. The number of fused-ring (bicyclic) bond motifs is 1. The van der Waals surface area contributed by atoms with Crippen LogP contribution in [0, 0.1) is 0 Å². The molecule has 1 aromatic carbocycles. The summed E-state index contributed by atoms with van der Waals surface area (Å²) in [6, 6.07) is 9.18. The summed E-state index contributed by atoms with van der Waals surface area (Å²) in [5.74, 6) is 0. The van der Waals surface area contributed by atoms with Crippen molar-refractivity contribution in [2.24, 2.45) is 4.99 Å². The summed E-state index contributed by atoms with van der Waals surface area (Å²) in [5, 5.41) is 0. The lowest BCUT2D eigenvalue weighted by molar-refractivity contribution is 0.875. The molecule has 1 heterocycles. The van der Waals surface area contributed by atoms with Gasteiger partial charge in [-0.15, -0.1) is 0 Å². The zero-order valence-electron chi connectivity index (χ0n) is 7.48. The molecule has 0 amide bonds. The van der Waals surface area contributed by atoms with E-state index in [1.54, 1.807) is 0 Å². The van der Waals surface area contributed by atoms with Crippen LogP contribution in [0.1, 0.15) is 12.8 Å². The lowest BCUT2D eigenvalue weighted by Gasteiger charge is -2.26. The van der Waals surface area contributed by atoms with Crippen LogP contribution >= 0.6 is 0 Å². The first-order valence-electron chi connectivity index (χ1n) is 4.83. The molecule has 0 saturated heterocycles. The molecule has 2 aliphatic rings. The van der Waals surface area contributed by atoms with E-state index in [9.17, 15) is 0 Å². The van der Waals surface area contributed by atoms with Crippen molar-refractivity contribution in [2.75, 3.05) is 11.4 Å². The second-order valence-electron chi connectivity index (χ2n) is 3.68. The topological polar surface area (TPSA) is 15.6 Å². The second kappa shape index (κ2) is 2.59. The lowest BCUT2D eigenvalue weighted by Crippen LogP contribution is -2.29. The van der Waals surface area contributed by atoms with Crippen molar-refractivity contribution in [3.63, 3.8) is 0 Å². The molecule has 1 aliphatic heterocycles. The molecule has 0 unspecified atom stereocenters. The number of nitrogens with zero attached hydrogens (tertiary/aromatic N) is 2. The van der Waals surface area contributed by atoms with E-state index >= 15 is 0 Å². The van der Waals surface area contributed by atoms with Crippen LogP contribution in [0.5, 0.6) is 0 Å². The van der Waals surface area contributed by atoms with Gasteiger partial charge in [-0.2, -0.15) is 0 Å². The fourth-order valence-electron chi connectivity index (χ4n) is 1.87. The molecule has 1 saturated carbocycles. The highest BCUT2D eigenvalue weighted by Crippen LogP contribution is 2.38. The van der Waals surface area contributed by atoms with E-state index in [1.807, 2.05) is 12.3 Å². The Hall–Kier alpha value is -1.31. The fraction of sp³-hybridized carbons (Fsp3) is 0.364. The number of benzene rings is 1. The summed E-state index contributed by atoms with van der Waals surface area (Å²) in [4.78, 5) is 6.85. The molecule has 0 bridgehead atoms. The zero-order chi connectivity index (χ0) is 8.67. The molecule has 0 spiro atoms. The quantitative estimate of drug-likeness (QED) is 0.635. The number of rotatable bonds is 1. The molecule has 0 atom stereocenters. The Morgan fingerprint density at radius 3 is 2.92 bits per heavy atom. The molecule has 2 heteroatoms. The van der Waals surface area contributed by atoms with Crippen molar-refractivity contribution in [1.82, 2.24) is 0 Å². The molecule has 1 fully saturated rings. The van der Waals surface area contributed by atoms with Crippen LogP contribution in [0.15, 0.2) is 29.3 Å². The first-order chi connectivity index (χ1) is 6.45. The lowest BCUT2D eigenvalue weighted by atomic mass is 10.2. The van der Waals surface area contributed by atoms with E-state index in [-0.39, 0.29) is 0 Å². The Kier molecular flexibility index (Phi) is 1.42. The molecular weight excluding hydrogens is 160 g/mol. The molecule has 0 N–H and O–H groups in total. The van der Waals surface area contributed by atoms with Crippen molar-refractivity contribution >= 4 is 17.6 Å². The average molecular weight is 172 g/mol. The number of hydrogen-bond acceptors (Lipinski definition) is 2. The van der Waals surface area contributed by atoms with E-state index in [0.29, 0.717) is 0 Å². The highest BCUT2D eigenvalue weighted by molar-refractivity contribution is 5.82. The second-order valence-corrected chi connectivity index (χ2v) is 3.68. The molecule has 0 aromatic heterocycles. The van der Waals surface area contributed by atoms with Crippen LogP contribution in [-0.4, -0.2) is 18.8 Å². The van der Waals surface area contributed by atoms with Gasteiger partial charge < -0.3 is 4.90 Å². The number of aliphatic imine (C=N–C) groups is 1. The Labute approximate surface area is 77.9 Å². The van der Waals surface area contributed by atoms with E-state index in [0.717, 1.165) is 18.3 Å². The van der Waals surface area contributed by atoms with Gasteiger partial charge in [0.1, 0.15) is 0 Å². The first-order valence-corrected chi connectivity index (χ1v) is 4.83. The van der Waals surface area contributed by atoms with Crippen molar-refractivity contribution in [1.29, 1.82) is 0 Å². The molecule has 3 rings (SSSR count). The van der Waals surface area contributed by atoms with Gasteiger partial charge in [0.15, 0.2) is 0 Å². The van der Waals surface area contributed by atoms with Gasteiger partial charge in [-0.05, 0) is 25.0 Å². The van der Waals surface area contributed by atoms with Gasteiger partial charge >= 0.3 is 0 Å². The smallest absolute Gasteiger partial charge is 0.0860 e. The SMILES string of the molecule is C1=Nc2ccccc2N(C2CC2)C1. The maximum absolute atomic E-state index is 4.39. The van der Waals surface area contributed by atoms with Crippen molar-refractivity contribution in [3.05, 3.63) is 24.3 Å². The van der Waals surface area contributed by atoms with Crippen molar-refractivity contribution < 1.29 is 0 Å². The molecule has 2 nitrogen and oxygen atoms in total. The normalized spacial score (nSPS) is 20.2. The van der Waals surface area contributed by atoms with Crippen LogP contribution in [0.4, 0.5) is 11.4 Å². The van der Waals surface area contributed by atoms with Crippen LogP contribution < -0.4 is 4.90 Å². The standard InChI is InChI=1S/C11H12N2/c1-2-4-11-10(3-1)12-7-8-13(11)9-5-6-9/h1-4,7,9H,5-6,8H2. The minimum Gasteiger partial charge on any atom is -0.362 e. The Morgan fingerprint density at radius 2 is 2.08 bits per heavy atom. The predicted octanol–water partition coefficient (Wildman–Crippen LogP) is 2.37. The first kappa shape index (κ1) is 7.13. The van der Waals surface area contributed by atoms with Crippen LogP contribution in [-0.2, 0) is 0 Å². The monoisotopic (exact) mass is 172 g/mol. The summed E-state index contributed by atoms with van der Waals surface area (Å²) in [7, 11) is 0. The van der Waals surface area contributed by atoms with Gasteiger partial charge in [-0.1, -0.05) is 12.1 Å². The Bertz CT molecular complexity index is 353. The minimum absolute atomic E-state index is 0.785. The molecule has 0 radical (unpaired) electrons. The highest BCUT2D eigenvalue weighted by Gasteiger charge is 2.30. The third kappa shape index (κ3) is 1.13. The predicted molar refractivity (Wildman–Crippen MR) is 55.0 cm³/mol. The van der Waals surface area contributed by atoms with Crippen molar-refractivity contribution in [2.45, 2.75) is 18.9 Å². The molecule has 1 aliphatic carbocycles. The number of anilines is 1. The third-order valence-corrected chi connectivity index (χ3v) is 2.69. The van der Waals surface area contributed by atoms with Gasteiger partial charge in [0.25, 0.3) is 0 Å². The maximum atomic E-state index is 4.39. The van der Waals surface area contributed by atoms with Gasteiger partial charge in [-0.25, -0.2) is 0 Å². The number of hydrogen-bond donors (Lipinski definition) is 0. The van der Waals surface area contributed by atoms with Gasteiger partial charge in [0, 0.05) is 12.3 Å². The fourth-order valence-corrected chi connectivity index (χ4v) is 1.87. The van der Waals surface area contributed by atoms with E-state index in [1.165, 1.54) is 18.5 Å². The Balaban J connectivity index is 2.05. The summed E-state index contributed by atoms with van der Waals surface area (Å²) in [5.41, 5.74) is 2.44. The highest BCUT2D eigenvalue weighted by atomic mass is 15.2. The van der Waals surface area contributed by atoms with E-state index < -0.39 is 0 Å². The molecule has 66 valence electrons. The van der Waals surface area contributed by atoms with Crippen LogP contribution in [0.25, 0.3) is 0 Å². The van der Waals surface area contributed by atoms with Gasteiger partial charge in [0.2, 0.25) is 0 Å². The molecular formula is C11H12N2. The summed E-state index contributed by atoms with van der Waals surface area (Å²) in [6.45, 7) is 0.988. The largest absolute Gasteiger partial charge is 0.362 e. The minimum atomic E-state index is 0.785. The van der Waals surface area contributed by atoms with E-state index in [2.05, 4.69) is 28.1 Å². The van der Waals surface area contributed by atoms with Crippen LogP contribution in [0.3, 0.4) is 0 Å².